The van der Waals surface area contributed by atoms with Crippen molar-refractivity contribution in [3.63, 3.8) is 0 Å². The average molecular weight is 447 g/mol. The molecular weight excluding hydrogens is 427 g/mol. The van der Waals surface area contributed by atoms with E-state index in [1.165, 1.54) is 17.4 Å². The summed E-state index contributed by atoms with van der Waals surface area (Å²) in [5.74, 6) is -0.00826. The molecule has 0 saturated carbocycles. The number of ether oxygens (including phenoxy) is 2. The fraction of sp³-hybridized carbons (Fsp3) is 0.273. The Balaban J connectivity index is 1.35. The minimum atomic E-state index is -0.396. The summed E-state index contributed by atoms with van der Waals surface area (Å²) in [7, 11) is 0. The Bertz CT molecular complexity index is 999. The van der Waals surface area contributed by atoms with Crippen LogP contribution >= 0.6 is 22.9 Å². The standard InChI is InChI=1S/C22H20ClFN2O3S/c23-18-4-1-5-19(24)17(18)12-29-15-8-6-14(7-9-15)22-26-20(13-30-22)21(27)25-11-16-3-2-10-28-16/h1,4-9,13,16H,2-3,10-12H2,(H,25,27)/t16-/m0/s1. The first-order chi connectivity index (χ1) is 14.6. The highest BCUT2D eigenvalue weighted by atomic mass is 35.5. The van der Waals surface area contributed by atoms with Gasteiger partial charge >= 0.3 is 0 Å². The highest BCUT2D eigenvalue weighted by Gasteiger charge is 2.18. The lowest BCUT2D eigenvalue weighted by atomic mass is 10.2. The van der Waals surface area contributed by atoms with Crippen LogP contribution in [0.2, 0.25) is 5.02 Å². The van der Waals surface area contributed by atoms with Crippen LogP contribution in [0.15, 0.2) is 47.8 Å². The van der Waals surface area contributed by atoms with Crippen molar-refractivity contribution in [3.8, 4) is 16.3 Å². The van der Waals surface area contributed by atoms with E-state index < -0.39 is 5.82 Å². The third kappa shape index (κ3) is 4.98. The molecule has 1 aliphatic heterocycles. The second-order valence-corrected chi connectivity index (χ2v) is 8.16. The van der Waals surface area contributed by atoms with Crippen LogP contribution in [-0.2, 0) is 11.3 Å². The zero-order valence-corrected chi connectivity index (χ0v) is 17.6. The van der Waals surface area contributed by atoms with Gasteiger partial charge in [0.15, 0.2) is 0 Å². The zero-order valence-electron chi connectivity index (χ0n) is 16.1. The quantitative estimate of drug-likeness (QED) is 0.549. The fourth-order valence-electron chi connectivity index (χ4n) is 3.13. The number of carbonyl (C=O) groups is 1. The lowest BCUT2D eigenvalue weighted by Gasteiger charge is -2.09. The van der Waals surface area contributed by atoms with E-state index in [1.807, 2.05) is 12.1 Å². The van der Waals surface area contributed by atoms with Crippen molar-refractivity contribution >= 4 is 28.8 Å². The maximum atomic E-state index is 13.8. The number of carbonyl (C=O) groups excluding carboxylic acids is 1. The maximum absolute atomic E-state index is 13.8. The third-order valence-corrected chi connectivity index (χ3v) is 6.04. The van der Waals surface area contributed by atoms with E-state index in [9.17, 15) is 9.18 Å². The van der Waals surface area contributed by atoms with Crippen LogP contribution in [0.25, 0.3) is 10.6 Å². The second kappa shape index (κ2) is 9.55. The molecule has 5 nitrogen and oxygen atoms in total. The minimum Gasteiger partial charge on any atom is -0.489 e. The molecule has 156 valence electrons. The van der Waals surface area contributed by atoms with Crippen LogP contribution in [0.1, 0.15) is 28.9 Å². The summed E-state index contributed by atoms with van der Waals surface area (Å²) in [6, 6.07) is 11.8. The van der Waals surface area contributed by atoms with Gasteiger partial charge in [0, 0.05) is 29.7 Å². The van der Waals surface area contributed by atoms with Gasteiger partial charge in [-0.25, -0.2) is 9.37 Å². The summed E-state index contributed by atoms with van der Waals surface area (Å²) in [5.41, 5.74) is 1.58. The first-order valence-corrected chi connectivity index (χ1v) is 10.9. The van der Waals surface area contributed by atoms with Gasteiger partial charge in [-0.15, -0.1) is 11.3 Å². The first kappa shape index (κ1) is 20.8. The van der Waals surface area contributed by atoms with Crippen molar-refractivity contribution in [2.24, 2.45) is 0 Å². The molecule has 0 aliphatic carbocycles. The van der Waals surface area contributed by atoms with Crippen LogP contribution in [0, 0.1) is 5.82 Å². The van der Waals surface area contributed by atoms with Crippen molar-refractivity contribution in [1.29, 1.82) is 0 Å². The molecule has 0 spiro atoms. The molecule has 4 rings (SSSR count). The normalized spacial score (nSPS) is 15.9. The van der Waals surface area contributed by atoms with E-state index >= 15 is 0 Å². The largest absolute Gasteiger partial charge is 0.489 e. The van der Waals surface area contributed by atoms with Gasteiger partial charge in [0.05, 0.1) is 11.1 Å². The van der Waals surface area contributed by atoms with Crippen molar-refractivity contribution in [1.82, 2.24) is 10.3 Å². The predicted molar refractivity (Wildman–Crippen MR) is 115 cm³/mol. The minimum absolute atomic E-state index is 0.0388. The van der Waals surface area contributed by atoms with E-state index in [0.717, 1.165) is 30.0 Å². The maximum Gasteiger partial charge on any atom is 0.270 e. The molecule has 1 fully saturated rings. The Labute approximate surface area is 182 Å². The topological polar surface area (TPSA) is 60.5 Å². The molecule has 3 aromatic rings. The van der Waals surface area contributed by atoms with E-state index in [4.69, 9.17) is 21.1 Å². The third-order valence-electron chi connectivity index (χ3n) is 4.80. The molecule has 0 radical (unpaired) electrons. The van der Waals surface area contributed by atoms with Crippen LogP contribution in [-0.4, -0.2) is 30.1 Å². The van der Waals surface area contributed by atoms with Gasteiger partial charge in [-0.3, -0.25) is 4.79 Å². The summed E-state index contributed by atoms with van der Waals surface area (Å²) in [6.07, 6.45) is 2.10. The Hall–Kier alpha value is -2.48. The number of aromatic nitrogens is 1. The Kier molecular flexibility index (Phi) is 6.62. The van der Waals surface area contributed by atoms with Crippen molar-refractivity contribution in [2.75, 3.05) is 13.2 Å². The smallest absolute Gasteiger partial charge is 0.270 e. The molecule has 0 unspecified atom stereocenters. The molecule has 1 aromatic heterocycles. The highest BCUT2D eigenvalue weighted by Crippen LogP contribution is 2.27. The molecule has 8 heteroatoms. The SMILES string of the molecule is O=C(NC[C@@H]1CCCO1)c1csc(-c2ccc(OCc3c(F)cccc3Cl)cc2)n1. The first-order valence-electron chi connectivity index (χ1n) is 9.61. The van der Waals surface area contributed by atoms with Crippen LogP contribution in [0.4, 0.5) is 4.39 Å². The lowest BCUT2D eigenvalue weighted by Crippen LogP contribution is -2.31. The number of benzene rings is 2. The van der Waals surface area contributed by atoms with Gasteiger partial charge in [0.2, 0.25) is 0 Å². The summed E-state index contributed by atoms with van der Waals surface area (Å²) < 4.78 is 25.0. The summed E-state index contributed by atoms with van der Waals surface area (Å²) >= 11 is 7.42. The van der Waals surface area contributed by atoms with Crippen LogP contribution in [0.3, 0.4) is 0 Å². The Morgan fingerprint density at radius 3 is 2.87 bits per heavy atom. The van der Waals surface area contributed by atoms with Crippen molar-refractivity contribution in [2.45, 2.75) is 25.6 Å². The van der Waals surface area contributed by atoms with Crippen molar-refractivity contribution < 1.29 is 18.7 Å². The van der Waals surface area contributed by atoms with Crippen molar-refractivity contribution in [3.05, 3.63) is 69.9 Å². The molecule has 1 saturated heterocycles. The molecule has 1 amide bonds. The van der Waals surface area contributed by atoms with Crippen LogP contribution in [0.5, 0.6) is 5.75 Å². The van der Waals surface area contributed by atoms with Crippen LogP contribution < -0.4 is 10.1 Å². The van der Waals surface area contributed by atoms with E-state index in [0.29, 0.717) is 28.6 Å². The highest BCUT2D eigenvalue weighted by molar-refractivity contribution is 7.13. The summed E-state index contributed by atoms with van der Waals surface area (Å²) in [4.78, 5) is 16.7. The van der Waals surface area contributed by atoms with E-state index in [1.54, 1.807) is 29.6 Å². The lowest BCUT2D eigenvalue weighted by molar-refractivity contribution is 0.0854. The van der Waals surface area contributed by atoms with E-state index in [-0.39, 0.29) is 18.6 Å². The molecule has 30 heavy (non-hydrogen) atoms. The monoisotopic (exact) mass is 446 g/mol. The van der Waals surface area contributed by atoms with Gasteiger partial charge < -0.3 is 14.8 Å². The zero-order chi connectivity index (χ0) is 20.9. The number of thiazole rings is 1. The molecule has 1 atom stereocenters. The molecule has 0 bridgehead atoms. The summed E-state index contributed by atoms with van der Waals surface area (Å²) in [5, 5.41) is 5.69. The Morgan fingerprint density at radius 1 is 1.30 bits per heavy atom. The van der Waals surface area contributed by atoms with E-state index in [2.05, 4.69) is 10.3 Å². The number of rotatable bonds is 7. The Morgan fingerprint density at radius 2 is 2.13 bits per heavy atom. The summed E-state index contributed by atoms with van der Waals surface area (Å²) in [6.45, 7) is 1.30. The molecule has 1 N–H and O–H groups in total. The number of nitrogens with zero attached hydrogens (tertiary/aromatic N) is 1. The van der Waals surface area contributed by atoms with Gasteiger partial charge in [-0.1, -0.05) is 17.7 Å². The van der Waals surface area contributed by atoms with Gasteiger partial charge in [-0.2, -0.15) is 0 Å². The number of nitrogens with one attached hydrogen (secondary N) is 1. The number of hydrogen-bond acceptors (Lipinski definition) is 5. The fourth-order valence-corrected chi connectivity index (χ4v) is 4.16. The van der Waals surface area contributed by atoms with Gasteiger partial charge in [0.25, 0.3) is 5.91 Å². The number of amides is 1. The molecule has 2 heterocycles. The predicted octanol–water partition coefficient (Wildman–Crippen LogP) is 5.09. The van der Waals surface area contributed by atoms with Gasteiger partial charge in [-0.05, 0) is 49.2 Å². The molecular formula is C22H20ClFN2O3S. The molecule has 1 aliphatic rings. The number of halogens is 2. The number of hydrogen-bond donors (Lipinski definition) is 1. The second-order valence-electron chi connectivity index (χ2n) is 6.90. The average Bonchev–Trinajstić information content (AvgIpc) is 3.44. The molecule has 2 aromatic carbocycles. The van der Waals surface area contributed by atoms with Gasteiger partial charge in [0.1, 0.15) is 28.9 Å².